The maximum atomic E-state index is 10.3. The molecule has 0 bridgehead atoms. The summed E-state index contributed by atoms with van der Waals surface area (Å²) in [6, 6.07) is 3.67. The Balaban J connectivity index is 2.39. The van der Waals surface area contributed by atoms with Gasteiger partial charge in [0.1, 0.15) is 0 Å². The van der Waals surface area contributed by atoms with Gasteiger partial charge in [-0.15, -0.1) is 11.3 Å². The van der Waals surface area contributed by atoms with Gasteiger partial charge < -0.3 is 15.1 Å². The van der Waals surface area contributed by atoms with E-state index in [0.717, 1.165) is 5.00 Å². The van der Waals surface area contributed by atoms with Crippen molar-refractivity contribution in [2.45, 2.75) is 18.9 Å². The Morgan fingerprint density at radius 1 is 1.62 bits per heavy atom. The zero-order chi connectivity index (χ0) is 12.1. The SMILES string of the molecule is CN(CC(O)CCC(=O)O)c1ccc(Cl)s1. The lowest BCUT2D eigenvalue weighted by molar-refractivity contribution is -0.137. The van der Waals surface area contributed by atoms with Crippen molar-refractivity contribution in [3.05, 3.63) is 16.5 Å². The number of aliphatic carboxylic acids is 1. The predicted molar refractivity (Wildman–Crippen MR) is 65.5 cm³/mol. The van der Waals surface area contributed by atoms with Gasteiger partial charge in [-0.2, -0.15) is 0 Å². The highest BCUT2D eigenvalue weighted by molar-refractivity contribution is 7.19. The second-order valence-corrected chi connectivity index (χ2v) is 5.24. The Kier molecular flexibility index (Phi) is 5.05. The van der Waals surface area contributed by atoms with Crippen LogP contribution in [0.3, 0.4) is 0 Å². The molecule has 1 rings (SSSR count). The van der Waals surface area contributed by atoms with E-state index < -0.39 is 12.1 Å². The van der Waals surface area contributed by atoms with Gasteiger partial charge in [-0.25, -0.2) is 0 Å². The van der Waals surface area contributed by atoms with Gasteiger partial charge in [0.15, 0.2) is 0 Å². The number of carboxylic acid groups (broad SMARTS) is 1. The molecule has 1 aromatic heterocycles. The summed E-state index contributed by atoms with van der Waals surface area (Å²) in [5.74, 6) is -0.888. The molecule has 16 heavy (non-hydrogen) atoms. The summed E-state index contributed by atoms with van der Waals surface area (Å²) in [6.07, 6.45) is -0.388. The Hall–Kier alpha value is -0.780. The van der Waals surface area contributed by atoms with Gasteiger partial charge in [0.05, 0.1) is 15.4 Å². The molecule has 1 aromatic rings. The third-order valence-corrected chi connectivity index (χ3v) is 3.46. The third-order valence-electron chi connectivity index (χ3n) is 2.11. The van der Waals surface area contributed by atoms with E-state index >= 15 is 0 Å². The number of halogens is 1. The zero-order valence-electron chi connectivity index (χ0n) is 8.89. The van der Waals surface area contributed by atoms with Crippen LogP contribution in [0.1, 0.15) is 12.8 Å². The molecule has 1 atom stereocenters. The minimum atomic E-state index is -0.888. The molecule has 4 nitrogen and oxygen atoms in total. The molecule has 0 radical (unpaired) electrons. The number of carbonyl (C=O) groups is 1. The van der Waals surface area contributed by atoms with Gasteiger partial charge in [-0.3, -0.25) is 4.79 Å². The molecule has 0 spiro atoms. The fourth-order valence-electron chi connectivity index (χ4n) is 1.30. The highest BCUT2D eigenvalue weighted by Crippen LogP contribution is 2.28. The van der Waals surface area contributed by atoms with Crippen molar-refractivity contribution in [1.82, 2.24) is 0 Å². The maximum Gasteiger partial charge on any atom is 0.303 e. The van der Waals surface area contributed by atoms with Crippen LogP contribution in [-0.4, -0.2) is 35.9 Å². The number of hydrogen-bond donors (Lipinski definition) is 2. The molecule has 0 aliphatic heterocycles. The molecule has 0 amide bonds. The standard InChI is InChI=1S/C10H14ClNO3S/c1-12(9-4-3-8(11)16-9)6-7(13)2-5-10(14)15/h3-4,7,13H,2,5-6H2,1H3,(H,14,15). The Morgan fingerprint density at radius 2 is 2.31 bits per heavy atom. The molecule has 0 aromatic carbocycles. The lowest BCUT2D eigenvalue weighted by Crippen LogP contribution is -2.28. The van der Waals surface area contributed by atoms with Gasteiger partial charge in [0.2, 0.25) is 0 Å². The number of aliphatic hydroxyl groups excluding tert-OH is 1. The summed E-state index contributed by atoms with van der Waals surface area (Å²) in [5.41, 5.74) is 0. The molecule has 0 saturated carbocycles. The van der Waals surface area contributed by atoms with Crippen LogP contribution >= 0.6 is 22.9 Å². The van der Waals surface area contributed by atoms with Gasteiger partial charge in [-0.1, -0.05) is 11.6 Å². The van der Waals surface area contributed by atoms with Crippen LogP contribution in [0.2, 0.25) is 4.34 Å². The molecule has 0 saturated heterocycles. The van der Waals surface area contributed by atoms with E-state index in [1.54, 1.807) is 6.07 Å². The Labute approximate surface area is 103 Å². The second kappa shape index (κ2) is 6.08. The normalized spacial score (nSPS) is 12.4. The van der Waals surface area contributed by atoms with Crippen LogP contribution in [0, 0.1) is 0 Å². The number of rotatable bonds is 6. The molecular formula is C10H14ClNO3S. The molecule has 90 valence electrons. The van der Waals surface area contributed by atoms with Crippen molar-refractivity contribution in [3.8, 4) is 0 Å². The first-order chi connectivity index (χ1) is 7.49. The van der Waals surface area contributed by atoms with Crippen LogP contribution in [-0.2, 0) is 4.79 Å². The summed E-state index contributed by atoms with van der Waals surface area (Å²) in [4.78, 5) is 12.2. The van der Waals surface area contributed by atoms with Crippen LogP contribution in [0.25, 0.3) is 0 Å². The molecule has 1 unspecified atom stereocenters. The molecule has 1 heterocycles. The first-order valence-electron chi connectivity index (χ1n) is 4.85. The van der Waals surface area contributed by atoms with E-state index in [4.69, 9.17) is 16.7 Å². The summed E-state index contributed by atoms with van der Waals surface area (Å²) in [7, 11) is 1.84. The molecule has 0 aliphatic rings. The lowest BCUT2D eigenvalue weighted by atomic mass is 10.2. The largest absolute Gasteiger partial charge is 0.481 e. The fraction of sp³-hybridized carbons (Fsp3) is 0.500. The topological polar surface area (TPSA) is 60.8 Å². The van der Waals surface area contributed by atoms with Crippen LogP contribution in [0.15, 0.2) is 12.1 Å². The van der Waals surface area contributed by atoms with Crippen LogP contribution in [0.4, 0.5) is 5.00 Å². The Bertz CT molecular complexity index is 356. The van der Waals surface area contributed by atoms with E-state index in [9.17, 15) is 9.90 Å². The van der Waals surface area contributed by atoms with Crippen molar-refractivity contribution in [2.24, 2.45) is 0 Å². The summed E-state index contributed by atoms with van der Waals surface area (Å²) in [5, 5.41) is 19.0. The van der Waals surface area contributed by atoms with E-state index in [-0.39, 0.29) is 12.8 Å². The first kappa shape index (κ1) is 13.3. The van der Waals surface area contributed by atoms with Crippen molar-refractivity contribution in [3.63, 3.8) is 0 Å². The van der Waals surface area contributed by atoms with E-state index in [2.05, 4.69) is 0 Å². The van der Waals surface area contributed by atoms with Crippen molar-refractivity contribution in [2.75, 3.05) is 18.5 Å². The smallest absolute Gasteiger partial charge is 0.303 e. The molecule has 2 N–H and O–H groups in total. The monoisotopic (exact) mass is 263 g/mol. The maximum absolute atomic E-state index is 10.3. The second-order valence-electron chi connectivity index (χ2n) is 3.54. The van der Waals surface area contributed by atoms with Gasteiger partial charge >= 0.3 is 5.97 Å². The summed E-state index contributed by atoms with van der Waals surface area (Å²) >= 11 is 7.22. The lowest BCUT2D eigenvalue weighted by Gasteiger charge is -2.20. The van der Waals surface area contributed by atoms with E-state index in [1.807, 2.05) is 18.0 Å². The number of anilines is 1. The summed E-state index contributed by atoms with van der Waals surface area (Å²) in [6.45, 7) is 0.407. The van der Waals surface area contributed by atoms with Crippen LogP contribution < -0.4 is 4.90 Å². The number of thiophene rings is 1. The zero-order valence-corrected chi connectivity index (χ0v) is 10.5. The highest BCUT2D eigenvalue weighted by Gasteiger charge is 2.11. The first-order valence-corrected chi connectivity index (χ1v) is 6.05. The molecule has 6 heteroatoms. The van der Waals surface area contributed by atoms with Crippen molar-refractivity contribution < 1.29 is 15.0 Å². The average Bonchev–Trinajstić information content (AvgIpc) is 2.62. The Morgan fingerprint density at radius 3 is 2.81 bits per heavy atom. The number of hydrogen-bond acceptors (Lipinski definition) is 4. The highest BCUT2D eigenvalue weighted by atomic mass is 35.5. The van der Waals surface area contributed by atoms with E-state index in [1.165, 1.54) is 11.3 Å². The van der Waals surface area contributed by atoms with Crippen molar-refractivity contribution >= 4 is 33.9 Å². The van der Waals surface area contributed by atoms with Gasteiger partial charge in [0.25, 0.3) is 0 Å². The molecular weight excluding hydrogens is 250 g/mol. The number of likely N-dealkylation sites (N-methyl/N-ethyl adjacent to an activating group) is 1. The fourth-order valence-corrected chi connectivity index (χ4v) is 2.30. The number of carboxylic acids is 1. The van der Waals surface area contributed by atoms with E-state index in [0.29, 0.717) is 10.9 Å². The predicted octanol–water partition coefficient (Wildman–Crippen LogP) is 2.06. The van der Waals surface area contributed by atoms with Gasteiger partial charge in [0, 0.05) is 20.0 Å². The average molecular weight is 264 g/mol. The molecule has 0 aliphatic carbocycles. The minimum Gasteiger partial charge on any atom is -0.481 e. The van der Waals surface area contributed by atoms with Crippen molar-refractivity contribution in [1.29, 1.82) is 0 Å². The summed E-state index contributed by atoms with van der Waals surface area (Å²) < 4.78 is 0.696. The van der Waals surface area contributed by atoms with Gasteiger partial charge in [-0.05, 0) is 18.6 Å². The number of nitrogens with zero attached hydrogens (tertiary/aromatic N) is 1. The third kappa shape index (κ3) is 4.38. The molecule has 0 fully saturated rings. The minimum absolute atomic E-state index is 0.0137. The van der Waals surface area contributed by atoms with Crippen LogP contribution in [0.5, 0.6) is 0 Å². The number of aliphatic hydroxyl groups is 1. The quantitative estimate of drug-likeness (QED) is 0.825.